The van der Waals surface area contributed by atoms with Crippen LogP contribution >= 0.6 is 0 Å². The smallest absolute Gasteiger partial charge is 0.0571 e. The maximum Gasteiger partial charge on any atom is 0.0571 e. The van der Waals surface area contributed by atoms with E-state index in [1.807, 2.05) is 12.4 Å². The van der Waals surface area contributed by atoms with Gasteiger partial charge in [0.1, 0.15) is 0 Å². The number of rotatable bonds is 4. The number of aromatic nitrogens is 4. The summed E-state index contributed by atoms with van der Waals surface area (Å²) in [6.07, 6.45) is 3.86. The minimum atomic E-state index is 1.12. The topological polar surface area (TPSA) is 27.7 Å². The molecule has 0 bridgehead atoms. The zero-order valence-corrected chi connectivity index (χ0v) is 27.6. The molecule has 51 heavy (non-hydrogen) atoms. The normalized spacial score (nSPS) is 11.9. The minimum Gasteiger partial charge on any atom is -0.309 e. The van der Waals surface area contributed by atoms with E-state index < -0.39 is 0 Å². The Morgan fingerprint density at radius 1 is 0.294 bits per heavy atom. The van der Waals surface area contributed by atoms with Crippen LogP contribution in [0.15, 0.2) is 182 Å². The highest BCUT2D eigenvalue weighted by molar-refractivity contribution is 6.11. The quantitative estimate of drug-likeness (QED) is 0.186. The van der Waals surface area contributed by atoms with Crippen LogP contribution in [0.3, 0.4) is 0 Å². The zero-order valence-electron chi connectivity index (χ0n) is 27.6. The van der Waals surface area contributed by atoms with Gasteiger partial charge in [0, 0.05) is 61.8 Å². The van der Waals surface area contributed by atoms with Crippen molar-refractivity contribution in [2.45, 2.75) is 0 Å². The van der Waals surface area contributed by atoms with Crippen molar-refractivity contribution in [1.29, 1.82) is 0 Å². The van der Waals surface area contributed by atoms with Crippen molar-refractivity contribution in [2.75, 3.05) is 0 Å². The van der Waals surface area contributed by atoms with Gasteiger partial charge in [-0.25, -0.2) is 0 Å². The molecule has 4 aromatic heterocycles. The molecule has 4 heteroatoms. The molecule has 0 aliphatic heterocycles. The van der Waals surface area contributed by atoms with Crippen molar-refractivity contribution in [3.8, 4) is 28.2 Å². The van der Waals surface area contributed by atoms with E-state index in [9.17, 15) is 0 Å². The van der Waals surface area contributed by atoms with Crippen LogP contribution in [0, 0.1) is 0 Å². The van der Waals surface area contributed by atoms with E-state index in [2.05, 4.69) is 189 Å². The van der Waals surface area contributed by atoms with Crippen LogP contribution in [0.5, 0.6) is 0 Å². The van der Waals surface area contributed by atoms with Crippen LogP contribution in [0.2, 0.25) is 0 Å². The largest absolute Gasteiger partial charge is 0.309 e. The zero-order chi connectivity index (χ0) is 33.5. The van der Waals surface area contributed by atoms with E-state index in [-0.39, 0.29) is 0 Å². The van der Waals surface area contributed by atoms with Gasteiger partial charge in [-0.3, -0.25) is 4.98 Å². The van der Waals surface area contributed by atoms with Gasteiger partial charge in [0.25, 0.3) is 0 Å². The van der Waals surface area contributed by atoms with Crippen molar-refractivity contribution in [3.05, 3.63) is 182 Å². The fourth-order valence-electron chi connectivity index (χ4n) is 8.34. The first-order valence-electron chi connectivity index (χ1n) is 17.4. The fraction of sp³-hybridized carbons (Fsp3) is 0. The number of benzene rings is 7. The van der Waals surface area contributed by atoms with Gasteiger partial charge < -0.3 is 13.7 Å². The highest BCUT2D eigenvalue weighted by atomic mass is 15.0. The first kappa shape index (κ1) is 28.0. The summed E-state index contributed by atoms with van der Waals surface area (Å²) in [4.78, 5) is 4.47. The molecular weight excluding hydrogens is 621 g/mol. The van der Waals surface area contributed by atoms with Gasteiger partial charge in [-0.15, -0.1) is 0 Å². The summed E-state index contributed by atoms with van der Waals surface area (Å²) in [5.74, 6) is 0. The first-order valence-corrected chi connectivity index (χ1v) is 17.4. The van der Waals surface area contributed by atoms with Gasteiger partial charge in [0.2, 0.25) is 0 Å². The lowest BCUT2D eigenvalue weighted by atomic mass is 10.0. The van der Waals surface area contributed by atoms with Crippen molar-refractivity contribution in [3.63, 3.8) is 0 Å². The summed E-state index contributed by atoms with van der Waals surface area (Å²) in [5.41, 5.74) is 12.7. The van der Waals surface area contributed by atoms with Gasteiger partial charge in [-0.2, -0.15) is 0 Å². The second-order valence-electron chi connectivity index (χ2n) is 13.3. The van der Waals surface area contributed by atoms with Crippen LogP contribution in [0.25, 0.3) is 93.6 Å². The number of hydrogen-bond acceptors (Lipinski definition) is 1. The molecular formula is C47H30N4. The molecule has 0 radical (unpaired) electrons. The lowest BCUT2D eigenvalue weighted by Gasteiger charge is -2.16. The molecule has 0 amide bonds. The van der Waals surface area contributed by atoms with Crippen LogP contribution in [-0.4, -0.2) is 18.7 Å². The molecule has 0 saturated carbocycles. The highest BCUT2D eigenvalue weighted by Gasteiger charge is 2.18. The highest BCUT2D eigenvalue weighted by Crippen LogP contribution is 2.39. The predicted octanol–water partition coefficient (Wildman–Crippen LogP) is 12.0. The Labute approximate surface area is 293 Å². The number of fused-ring (bicyclic) bond motifs is 9. The third-order valence-corrected chi connectivity index (χ3v) is 10.5. The lowest BCUT2D eigenvalue weighted by molar-refractivity contribution is 1.13. The van der Waals surface area contributed by atoms with Gasteiger partial charge >= 0.3 is 0 Å². The SMILES string of the molecule is c1cc(-c2cc(-n3c4ccccc4c4ccccc43)cc(-n3c4ccccc4c4ccccc43)c2)cc(-n2c3ccccc3c3cnccc32)c1. The minimum absolute atomic E-state index is 1.12. The lowest BCUT2D eigenvalue weighted by Crippen LogP contribution is -2.00. The Hall–Kier alpha value is -6.91. The van der Waals surface area contributed by atoms with Crippen molar-refractivity contribution in [1.82, 2.24) is 18.7 Å². The number of hydrogen-bond donors (Lipinski definition) is 0. The summed E-state index contributed by atoms with van der Waals surface area (Å²) in [6, 6.07) is 61.7. The summed E-state index contributed by atoms with van der Waals surface area (Å²) in [5, 5.41) is 7.35. The molecule has 7 aromatic carbocycles. The van der Waals surface area contributed by atoms with Crippen LogP contribution in [-0.2, 0) is 0 Å². The number of para-hydroxylation sites is 5. The monoisotopic (exact) mass is 650 g/mol. The number of pyridine rings is 1. The summed E-state index contributed by atoms with van der Waals surface area (Å²) in [6.45, 7) is 0. The Balaban J connectivity index is 1.22. The predicted molar refractivity (Wildman–Crippen MR) is 213 cm³/mol. The van der Waals surface area contributed by atoms with Gasteiger partial charge in [-0.05, 0) is 77.9 Å². The second-order valence-corrected chi connectivity index (χ2v) is 13.3. The number of nitrogens with zero attached hydrogens (tertiary/aromatic N) is 4. The molecule has 4 nitrogen and oxygen atoms in total. The van der Waals surface area contributed by atoms with Crippen LogP contribution in [0.4, 0.5) is 0 Å². The van der Waals surface area contributed by atoms with Crippen molar-refractivity contribution < 1.29 is 0 Å². The molecule has 0 aliphatic carbocycles. The molecule has 0 unspecified atom stereocenters. The average Bonchev–Trinajstić information content (AvgIpc) is 3.84. The van der Waals surface area contributed by atoms with Crippen molar-refractivity contribution in [2.24, 2.45) is 0 Å². The van der Waals surface area contributed by atoms with E-state index in [4.69, 9.17) is 0 Å². The summed E-state index contributed by atoms with van der Waals surface area (Å²) in [7, 11) is 0. The third-order valence-electron chi connectivity index (χ3n) is 10.5. The van der Waals surface area contributed by atoms with E-state index in [1.54, 1.807) is 0 Å². The summed E-state index contributed by atoms with van der Waals surface area (Å²) >= 11 is 0. The Morgan fingerprint density at radius 3 is 1.18 bits per heavy atom. The molecule has 0 spiro atoms. The van der Waals surface area contributed by atoms with E-state index >= 15 is 0 Å². The molecule has 4 heterocycles. The molecule has 0 aliphatic rings. The molecule has 0 atom stereocenters. The van der Waals surface area contributed by atoms with Crippen LogP contribution < -0.4 is 0 Å². The molecule has 0 saturated heterocycles. The molecule has 11 rings (SSSR count). The molecule has 11 aromatic rings. The fourth-order valence-corrected chi connectivity index (χ4v) is 8.34. The second kappa shape index (κ2) is 10.8. The van der Waals surface area contributed by atoms with Gasteiger partial charge in [0.05, 0.1) is 33.1 Å². The van der Waals surface area contributed by atoms with Gasteiger partial charge in [-0.1, -0.05) is 103 Å². The van der Waals surface area contributed by atoms with E-state index in [0.29, 0.717) is 0 Å². The maximum absolute atomic E-state index is 4.47. The summed E-state index contributed by atoms with van der Waals surface area (Å²) < 4.78 is 7.21. The van der Waals surface area contributed by atoms with E-state index in [0.717, 1.165) is 39.1 Å². The average molecular weight is 651 g/mol. The van der Waals surface area contributed by atoms with Gasteiger partial charge in [0.15, 0.2) is 0 Å². The van der Waals surface area contributed by atoms with Crippen molar-refractivity contribution >= 4 is 65.4 Å². The Bertz CT molecular complexity index is 2860. The Morgan fingerprint density at radius 2 is 0.686 bits per heavy atom. The van der Waals surface area contributed by atoms with E-state index in [1.165, 1.54) is 54.5 Å². The molecule has 0 N–H and O–H groups in total. The standard InChI is InChI=1S/C47H30N4/c1-6-19-42-36(14-1)37-15-2-7-20-43(37)50(42)34-27-32(28-35(29-34)51-44-21-8-3-16-38(44)39-17-4-9-22-45(39)51)31-12-11-13-33(26-31)49-46-23-10-5-18-40(46)41-30-48-25-24-47(41)49/h1-30H. The maximum atomic E-state index is 4.47. The Kier molecular flexibility index (Phi) is 5.92. The molecule has 0 fully saturated rings. The first-order chi connectivity index (χ1) is 25.3. The van der Waals surface area contributed by atoms with Crippen LogP contribution in [0.1, 0.15) is 0 Å². The third kappa shape index (κ3) is 4.11. The molecule has 238 valence electrons.